The van der Waals surface area contributed by atoms with Crippen LogP contribution in [0.3, 0.4) is 0 Å². The summed E-state index contributed by atoms with van der Waals surface area (Å²) in [5, 5.41) is 17.1. The van der Waals surface area contributed by atoms with E-state index in [-0.39, 0.29) is 11.3 Å². The number of benzene rings is 1. The number of rotatable bonds is 3. The molecule has 1 amide bonds. The van der Waals surface area contributed by atoms with Gasteiger partial charge in [0.05, 0.1) is 10.6 Å². The smallest absolute Gasteiger partial charge is 0.282 e. The van der Waals surface area contributed by atoms with Gasteiger partial charge in [-0.1, -0.05) is 12.1 Å². The highest BCUT2D eigenvalue weighted by atomic mass is 32.1. The normalized spacial score (nSPS) is 13.0. The number of para-hydroxylation sites is 1. The third-order valence-corrected chi connectivity index (χ3v) is 3.94. The number of carbonyl (C=O) groups excluding carboxylic acids is 1. The lowest BCUT2D eigenvalue weighted by molar-refractivity contribution is -0.385. The van der Waals surface area contributed by atoms with Crippen LogP contribution in [-0.2, 0) is 13.1 Å². The number of nitro benzene ring substituents is 1. The zero-order chi connectivity index (χ0) is 14.1. The first kappa shape index (κ1) is 12.7. The lowest BCUT2D eigenvalue weighted by atomic mass is 10.1. The first-order valence-electron chi connectivity index (χ1n) is 5.89. The number of hydrogen-bond donors (Lipinski definition) is 2. The zero-order valence-corrected chi connectivity index (χ0v) is 11.1. The summed E-state index contributed by atoms with van der Waals surface area (Å²) < 4.78 is 0. The van der Waals surface area contributed by atoms with Crippen LogP contribution in [0, 0.1) is 10.1 Å². The molecule has 0 radical (unpaired) electrons. The third-order valence-electron chi connectivity index (χ3n) is 2.92. The van der Waals surface area contributed by atoms with Crippen molar-refractivity contribution in [2.75, 3.05) is 5.32 Å². The number of nitrogens with zero attached hydrogens (tertiary/aromatic N) is 2. The second-order valence-electron chi connectivity index (χ2n) is 4.22. The van der Waals surface area contributed by atoms with Crippen molar-refractivity contribution >= 4 is 28.1 Å². The molecule has 2 heterocycles. The third kappa shape index (κ3) is 2.26. The zero-order valence-electron chi connectivity index (χ0n) is 10.3. The van der Waals surface area contributed by atoms with E-state index in [0.29, 0.717) is 11.7 Å². The summed E-state index contributed by atoms with van der Waals surface area (Å²) in [4.78, 5) is 27.8. The predicted octanol–water partition coefficient (Wildman–Crippen LogP) is 1.91. The first-order valence-corrected chi connectivity index (χ1v) is 6.71. The van der Waals surface area contributed by atoms with Crippen LogP contribution in [0.2, 0.25) is 0 Å². The van der Waals surface area contributed by atoms with E-state index in [1.807, 2.05) is 0 Å². The molecule has 0 spiro atoms. The van der Waals surface area contributed by atoms with Gasteiger partial charge in [-0.05, 0) is 6.07 Å². The minimum Gasteiger partial charge on any atom is -0.306 e. The SMILES string of the molecule is O=C(Nc1nc2c(s1)CNC2)c1ccccc1[N+](=O)[O-]. The topological polar surface area (TPSA) is 97.2 Å². The molecule has 1 aliphatic heterocycles. The number of nitro groups is 1. The summed E-state index contributed by atoms with van der Waals surface area (Å²) in [7, 11) is 0. The molecule has 0 bridgehead atoms. The monoisotopic (exact) mass is 290 g/mol. The first-order chi connectivity index (χ1) is 9.65. The van der Waals surface area contributed by atoms with Gasteiger partial charge in [-0.3, -0.25) is 20.2 Å². The van der Waals surface area contributed by atoms with Crippen LogP contribution in [-0.4, -0.2) is 15.8 Å². The van der Waals surface area contributed by atoms with Crippen LogP contribution < -0.4 is 10.6 Å². The van der Waals surface area contributed by atoms with E-state index in [0.717, 1.165) is 17.1 Å². The molecule has 102 valence electrons. The average molecular weight is 290 g/mol. The molecule has 2 N–H and O–H groups in total. The number of aromatic nitrogens is 1. The molecule has 0 aliphatic carbocycles. The Morgan fingerprint density at radius 2 is 2.20 bits per heavy atom. The van der Waals surface area contributed by atoms with E-state index in [1.54, 1.807) is 6.07 Å². The van der Waals surface area contributed by atoms with E-state index < -0.39 is 10.8 Å². The van der Waals surface area contributed by atoms with Gasteiger partial charge in [0.25, 0.3) is 11.6 Å². The molecule has 1 aliphatic rings. The molecule has 1 aromatic heterocycles. The van der Waals surface area contributed by atoms with Crippen molar-refractivity contribution in [2.24, 2.45) is 0 Å². The maximum absolute atomic E-state index is 12.1. The lowest BCUT2D eigenvalue weighted by Crippen LogP contribution is -2.14. The fourth-order valence-electron chi connectivity index (χ4n) is 2.00. The molecule has 0 unspecified atom stereocenters. The van der Waals surface area contributed by atoms with Crippen LogP contribution in [0.1, 0.15) is 20.9 Å². The van der Waals surface area contributed by atoms with Gasteiger partial charge in [0.1, 0.15) is 5.56 Å². The van der Waals surface area contributed by atoms with Crippen molar-refractivity contribution in [2.45, 2.75) is 13.1 Å². The average Bonchev–Trinajstić information content (AvgIpc) is 2.99. The minimum absolute atomic E-state index is 0.0333. The Morgan fingerprint density at radius 1 is 1.40 bits per heavy atom. The molecule has 0 fully saturated rings. The predicted molar refractivity (Wildman–Crippen MR) is 73.7 cm³/mol. The number of hydrogen-bond acceptors (Lipinski definition) is 6. The Kier molecular flexibility index (Phi) is 3.17. The number of carbonyl (C=O) groups is 1. The number of nitrogens with one attached hydrogen (secondary N) is 2. The highest BCUT2D eigenvalue weighted by Crippen LogP contribution is 2.27. The summed E-state index contributed by atoms with van der Waals surface area (Å²) in [6.45, 7) is 1.43. The summed E-state index contributed by atoms with van der Waals surface area (Å²) >= 11 is 1.38. The van der Waals surface area contributed by atoms with Crippen molar-refractivity contribution in [3.63, 3.8) is 0 Å². The maximum atomic E-state index is 12.1. The molecular weight excluding hydrogens is 280 g/mol. The second kappa shape index (κ2) is 4.99. The maximum Gasteiger partial charge on any atom is 0.282 e. The van der Waals surface area contributed by atoms with Crippen molar-refractivity contribution in [1.29, 1.82) is 0 Å². The molecule has 20 heavy (non-hydrogen) atoms. The van der Waals surface area contributed by atoms with Gasteiger partial charge < -0.3 is 5.32 Å². The van der Waals surface area contributed by atoms with Crippen molar-refractivity contribution in [1.82, 2.24) is 10.3 Å². The van der Waals surface area contributed by atoms with E-state index >= 15 is 0 Å². The Labute approximate surface area is 117 Å². The van der Waals surface area contributed by atoms with Crippen molar-refractivity contribution in [3.8, 4) is 0 Å². The van der Waals surface area contributed by atoms with Gasteiger partial charge in [0.2, 0.25) is 0 Å². The Balaban J connectivity index is 1.84. The standard InChI is InChI=1S/C12H10N4O3S/c17-11(7-3-1-2-4-9(7)16(18)19)15-12-14-8-5-13-6-10(8)20-12/h1-4,13H,5-6H2,(H,14,15,17). The van der Waals surface area contributed by atoms with Crippen LogP contribution >= 0.6 is 11.3 Å². The molecule has 0 saturated carbocycles. The molecule has 0 atom stereocenters. The van der Waals surface area contributed by atoms with Crippen molar-refractivity contribution in [3.05, 3.63) is 50.5 Å². The largest absolute Gasteiger partial charge is 0.306 e. The molecule has 1 aromatic carbocycles. The molecule has 0 saturated heterocycles. The van der Waals surface area contributed by atoms with Crippen LogP contribution in [0.15, 0.2) is 24.3 Å². The number of thiazole rings is 1. The van der Waals surface area contributed by atoms with Gasteiger partial charge in [-0.2, -0.15) is 0 Å². The quantitative estimate of drug-likeness (QED) is 0.664. The van der Waals surface area contributed by atoms with Crippen LogP contribution in [0.25, 0.3) is 0 Å². The molecule has 8 heteroatoms. The molecule has 7 nitrogen and oxygen atoms in total. The second-order valence-corrected chi connectivity index (χ2v) is 5.30. The minimum atomic E-state index is -0.569. The fraction of sp³-hybridized carbons (Fsp3) is 0.167. The summed E-state index contributed by atoms with van der Waals surface area (Å²) in [5.41, 5.74) is 0.745. The van der Waals surface area contributed by atoms with Crippen LogP contribution in [0.5, 0.6) is 0 Å². The lowest BCUT2D eigenvalue weighted by Gasteiger charge is -2.02. The van der Waals surface area contributed by atoms with Gasteiger partial charge in [0, 0.05) is 24.0 Å². The Morgan fingerprint density at radius 3 is 2.95 bits per heavy atom. The van der Waals surface area contributed by atoms with Crippen LogP contribution in [0.4, 0.5) is 10.8 Å². The number of amides is 1. The molecule has 2 aromatic rings. The Hall–Kier alpha value is -2.32. The van der Waals surface area contributed by atoms with Crippen molar-refractivity contribution < 1.29 is 9.72 Å². The Bertz CT molecular complexity index is 676. The van der Waals surface area contributed by atoms with E-state index in [9.17, 15) is 14.9 Å². The summed E-state index contributed by atoms with van der Waals surface area (Å²) in [6, 6.07) is 5.85. The van der Waals surface area contributed by atoms with Gasteiger partial charge in [-0.25, -0.2) is 4.98 Å². The number of anilines is 1. The highest BCUT2D eigenvalue weighted by Gasteiger charge is 2.22. The highest BCUT2D eigenvalue weighted by molar-refractivity contribution is 7.15. The van der Waals surface area contributed by atoms with E-state index in [1.165, 1.54) is 29.5 Å². The molecule has 3 rings (SSSR count). The van der Waals surface area contributed by atoms with E-state index in [2.05, 4.69) is 15.6 Å². The van der Waals surface area contributed by atoms with Gasteiger partial charge >= 0.3 is 0 Å². The summed E-state index contributed by atoms with van der Waals surface area (Å²) in [5.74, 6) is -0.516. The molecular formula is C12H10N4O3S. The van der Waals surface area contributed by atoms with Gasteiger partial charge in [0.15, 0.2) is 5.13 Å². The number of fused-ring (bicyclic) bond motifs is 1. The fourth-order valence-corrected chi connectivity index (χ4v) is 2.94. The summed E-state index contributed by atoms with van der Waals surface area (Å²) in [6.07, 6.45) is 0. The van der Waals surface area contributed by atoms with Gasteiger partial charge in [-0.15, -0.1) is 11.3 Å². The van der Waals surface area contributed by atoms with E-state index in [4.69, 9.17) is 0 Å².